The Bertz CT molecular complexity index is 906. The summed E-state index contributed by atoms with van der Waals surface area (Å²) >= 11 is 1.54. The number of benzene rings is 1. The van der Waals surface area contributed by atoms with Gasteiger partial charge in [-0.1, -0.05) is 19.9 Å². The third-order valence-electron chi connectivity index (χ3n) is 4.17. The molecule has 2 aromatic heterocycles. The number of carbonyl (C=O) groups excluding carboxylic acids is 1. The van der Waals surface area contributed by atoms with Gasteiger partial charge < -0.3 is 10.6 Å². The van der Waals surface area contributed by atoms with E-state index in [4.69, 9.17) is 0 Å². The second kappa shape index (κ2) is 8.77. The van der Waals surface area contributed by atoms with Gasteiger partial charge in [0, 0.05) is 41.1 Å². The van der Waals surface area contributed by atoms with E-state index in [1.54, 1.807) is 23.7 Å². The van der Waals surface area contributed by atoms with Crippen molar-refractivity contribution in [1.82, 2.24) is 9.97 Å². The number of rotatable bonds is 7. The highest BCUT2D eigenvalue weighted by atomic mass is 32.1. The van der Waals surface area contributed by atoms with Crippen LogP contribution < -0.4 is 10.6 Å². The Morgan fingerprint density at radius 1 is 1.26 bits per heavy atom. The molecule has 3 rings (SSSR count). The maximum absolute atomic E-state index is 12.1. The van der Waals surface area contributed by atoms with Crippen molar-refractivity contribution in [3.05, 3.63) is 53.7 Å². The van der Waals surface area contributed by atoms with E-state index in [0.717, 1.165) is 39.7 Å². The van der Waals surface area contributed by atoms with Gasteiger partial charge in [-0.05, 0) is 49.1 Å². The molecule has 1 aromatic carbocycles. The van der Waals surface area contributed by atoms with Gasteiger partial charge in [0.25, 0.3) is 0 Å². The quantitative estimate of drug-likeness (QED) is 0.557. The Morgan fingerprint density at radius 2 is 2.11 bits per heavy atom. The molecule has 27 heavy (non-hydrogen) atoms. The first-order valence-electron chi connectivity index (χ1n) is 9.04. The molecule has 2 heterocycles. The molecule has 1 amide bonds. The second-order valence-corrected chi connectivity index (χ2v) is 7.77. The van der Waals surface area contributed by atoms with Crippen LogP contribution in [0, 0.1) is 12.8 Å². The Morgan fingerprint density at radius 3 is 2.85 bits per heavy atom. The van der Waals surface area contributed by atoms with Crippen LogP contribution in [0.3, 0.4) is 0 Å². The standard InChI is InChI=1S/C21H24N4OS/c1-14(2)6-9-20(26)23-17-8-7-15(3)18(11-17)24-21-25-19(13-27-21)16-5-4-10-22-12-16/h4-5,7-8,10-14H,6,9H2,1-3H3,(H,23,26)(H,24,25). The van der Waals surface area contributed by atoms with E-state index in [1.807, 2.05) is 42.6 Å². The minimum Gasteiger partial charge on any atom is -0.331 e. The molecule has 0 aliphatic carbocycles. The highest BCUT2D eigenvalue weighted by Gasteiger charge is 2.09. The number of carbonyl (C=O) groups is 1. The molecule has 0 radical (unpaired) electrons. The van der Waals surface area contributed by atoms with Gasteiger partial charge in [-0.2, -0.15) is 0 Å². The fourth-order valence-corrected chi connectivity index (χ4v) is 3.30. The van der Waals surface area contributed by atoms with Crippen molar-refractivity contribution in [1.29, 1.82) is 0 Å². The number of hydrogen-bond donors (Lipinski definition) is 2. The summed E-state index contributed by atoms with van der Waals surface area (Å²) in [5.41, 5.74) is 4.70. The lowest BCUT2D eigenvalue weighted by Crippen LogP contribution is -2.12. The predicted molar refractivity (Wildman–Crippen MR) is 113 cm³/mol. The summed E-state index contributed by atoms with van der Waals surface area (Å²) in [5.74, 6) is 0.566. The number of anilines is 3. The zero-order valence-corrected chi connectivity index (χ0v) is 16.6. The molecule has 2 N–H and O–H groups in total. The minimum absolute atomic E-state index is 0.0478. The van der Waals surface area contributed by atoms with Gasteiger partial charge in [0.2, 0.25) is 5.91 Å². The summed E-state index contributed by atoms with van der Waals surface area (Å²) in [6, 6.07) is 9.77. The molecule has 0 aliphatic heterocycles. The number of amides is 1. The van der Waals surface area contributed by atoms with Gasteiger partial charge in [0.15, 0.2) is 5.13 Å². The maximum atomic E-state index is 12.1. The maximum Gasteiger partial charge on any atom is 0.224 e. The Labute approximate surface area is 163 Å². The third-order valence-corrected chi connectivity index (χ3v) is 4.93. The summed E-state index contributed by atoms with van der Waals surface area (Å²) in [6.07, 6.45) is 4.98. The fourth-order valence-electron chi connectivity index (χ4n) is 2.57. The lowest BCUT2D eigenvalue weighted by atomic mass is 10.1. The molecular formula is C21H24N4OS. The van der Waals surface area contributed by atoms with E-state index in [-0.39, 0.29) is 5.91 Å². The van der Waals surface area contributed by atoms with Crippen molar-refractivity contribution in [2.45, 2.75) is 33.6 Å². The molecule has 0 bridgehead atoms. The summed E-state index contributed by atoms with van der Waals surface area (Å²) < 4.78 is 0. The first-order valence-corrected chi connectivity index (χ1v) is 9.92. The van der Waals surface area contributed by atoms with Crippen LogP contribution in [-0.4, -0.2) is 15.9 Å². The highest BCUT2D eigenvalue weighted by molar-refractivity contribution is 7.14. The van der Waals surface area contributed by atoms with Crippen molar-refractivity contribution >= 4 is 33.8 Å². The predicted octanol–water partition coefficient (Wildman–Crippen LogP) is 5.63. The fraction of sp³-hybridized carbons (Fsp3) is 0.286. The normalized spacial score (nSPS) is 10.8. The van der Waals surface area contributed by atoms with Gasteiger partial charge in [0.1, 0.15) is 0 Å². The Kier molecular flexibility index (Phi) is 6.19. The van der Waals surface area contributed by atoms with E-state index in [0.29, 0.717) is 12.3 Å². The molecule has 0 saturated carbocycles. The van der Waals surface area contributed by atoms with E-state index in [1.165, 1.54) is 0 Å². The van der Waals surface area contributed by atoms with Crippen LogP contribution >= 0.6 is 11.3 Å². The summed E-state index contributed by atoms with van der Waals surface area (Å²) in [7, 11) is 0. The highest BCUT2D eigenvalue weighted by Crippen LogP contribution is 2.29. The molecule has 3 aromatic rings. The lowest BCUT2D eigenvalue weighted by Gasteiger charge is -2.11. The average molecular weight is 381 g/mol. The number of nitrogens with zero attached hydrogens (tertiary/aromatic N) is 2. The molecule has 0 unspecified atom stereocenters. The summed E-state index contributed by atoms with van der Waals surface area (Å²) in [6.45, 7) is 6.27. The molecule has 0 saturated heterocycles. The Hall–Kier alpha value is -2.73. The van der Waals surface area contributed by atoms with E-state index in [2.05, 4.69) is 34.4 Å². The molecule has 140 valence electrons. The topological polar surface area (TPSA) is 66.9 Å². The van der Waals surface area contributed by atoms with E-state index in [9.17, 15) is 4.79 Å². The molecule has 6 heteroatoms. The number of hydrogen-bond acceptors (Lipinski definition) is 5. The number of nitrogens with one attached hydrogen (secondary N) is 2. The number of pyridine rings is 1. The summed E-state index contributed by atoms with van der Waals surface area (Å²) in [4.78, 5) is 20.9. The van der Waals surface area contributed by atoms with Crippen LogP contribution in [0.25, 0.3) is 11.3 Å². The third kappa shape index (κ3) is 5.37. The summed E-state index contributed by atoms with van der Waals surface area (Å²) in [5, 5.41) is 9.15. The minimum atomic E-state index is 0.0478. The van der Waals surface area contributed by atoms with Gasteiger partial charge in [-0.3, -0.25) is 9.78 Å². The van der Waals surface area contributed by atoms with Crippen LogP contribution in [0.15, 0.2) is 48.1 Å². The monoisotopic (exact) mass is 380 g/mol. The number of aryl methyl sites for hydroxylation is 1. The van der Waals surface area contributed by atoms with Crippen molar-refractivity contribution < 1.29 is 4.79 Å². The van der Waals surface area contributed by atoms with Crippen LogP contribution in [0.4, 0.5) is 16.5 Å². The molecule has 5 nitrogen and oxygen atoms in total. The van der Waals surface area contributed by atoms with Crippen molar-refractivity contribution in [2.75, 3.05) is 10.6 Å². The van der Waals surface area contributed by atoms with Gasteiger partial charge >= 0.3 is 0 Å². The van der Waals surface area contributed by atoms with E-state index < -0.39 is 0 Å². The molecule has 0 aliphatic rings. The van der Waals surface area contributed by atoms with Crippen molar-refractivity contribution in [3.63, 3.8) is 0 Å². The molecule has 0 spiro atoms. The SMILES string of the molecule is Cc1ccc(NC(=O)CCC(C)C)cc1Nc1nc(-c2cccnc2)cs1. The zero-order chi connectivity index (χ0) is 19.2. The largest absolute Gasteiger partial charge is 0.331 e. The Balaban J connectivity index is 1.70. The van der Waals surface area contributed by atoms with Gasteiger partial charge in [0.05, 0.1) is 5.69 Å². The molecule has 0 fully saturated rings. The first-order chi connectivity index (χ1) is 13.0. The number of thiazole rings is 1. The molecule has 0 atom stereocenters. The number of aromatic nitrogens is 2. The van der Waals surface area contributed by atoms with E-state index >= 15 is 0 Å². The van der Waals surface area contributed by atoms with Gasteiger partial charge in [-0.25, -0.2) is 4.98 Å². The van der Waals surface area contributed by atoms with Crippen molar-refractivity contribution in [3.8, 4) is 11.3 Å². The van der Waals surface area contributed by atoms with Gasteiger partial charge in [-0.15, -0.1) is 11.3 Å². The smallest absolute Gasteiger partial charge is 0.224 e. The van der Waals surface area contributed by atoms with Crippen molar-refractivity contribution in [2.24, 2.45) is 5.92 Å². The van der Waals surface area contributed by atoms with Crippen LogP contribution in [0.5, 0.6) is 0 Å². The zero-order valence-electron chi connectivity index (χ0n) is 15.8. The first kappa shape index (κ1) is 19.0. The van der Waals surface area contributed by atoms with Crippen LogP contribution in [0.2, 0.25) is 0 Å². The molecular weight excluding hydrogens is 356 g/mol. The van der Waals surface area contributed by atoms with Crippen LogP contribution in [-0.2, 0) is 4.79 Å². The second-order valence-electron chi connectivity index (χ2n) is 6.91. The van der Waals surface area contributed by atoms with Crippen LogP contribution in [0.1, 0.15) is 32.3 Å². The lowest BCUT2D eigenvalue weighted by molar-refractivity contribution is -0.116. The average Bonchev–Trinajstić information content (AvgIpc) is 3.12.